The first-order valence-electron chi connectivity index (χ1n) is 11.0. The highest BCUT2D eigenvalue weighted by Gasteiger charge is 2.76. The van der Waals surface area contributed by atoms with Crippen LogP contribution in [0.4, 0.5) is 0 Å². The average Bonchev–Trinajstić information content (AvgIpc) is 3.18. The molecule has 0 heteroatoms. The van der Waals surface area contributed by atoms with E-state index in [0.717, 1.165) is 46.3 Å². The monoisotopic (exact) mass is 311 g/mol. The van der Waals surface area contributed by atoms with E-state index in [-0.39, 0.29) is 0 Å². The zero-order chi connectivity index (χ0) is 15.4. The Bertz CT molecular complexity index is 504. The normalized spacial score (nSPS) is 65.5. The van der Waals surface area contributed by atoms with Gasteiger partial charge in [-0.05, 0) is 122 Å². The smallest absolute Gasteiger partial charge is 0.0151 e. The van der Waals surface area contributed by atoms with Gasteiger partial charge in [-0.1, -0.05) is 20.3 Å². The largest absolute Gasteiger partial charge is 0.0648 e. The second-order valence-electron chi connectivity index (χ2n) is 11.0. The fourth-order valence-electron chi connectivity index (χ4n) is 10.9. The van der Waals surface area contributed by atoms with Crippen LogP contribution in [-0.2, 0) is 0 Å². The Labute approximate surface area is 143 Å². The summed E-state index contributed by atoms with van der Waals surface area (Å²) in [5.41, 5.74) is 2.17. The van der Waals surface area contributed by atoms with Gasteiger partial charge in [0.2, 0.25) is 0 Å². The zero-order valence-electron chi connectivity index (χ0n) is 15.3. The van der Waals surface area contributed by atoms with Gasteiger partial charge >= 0.3 is 0 Å². The van der Waals surface area contributed by atoms with Crippen LogP contribution in [0.5, 0.6) is 0 Å². The first-order chi connectivity index (χ1) is 11.1. The van der Waals surface area contributed by atoms with Crippen molar-refractivity contribution < 1.29 is 0 Å². The summed E-state index contributed by atoms with van der Waals surface area (Å²) in [6.45, 7) is 5.36. The van der Waals surface area contributed by atoms with E-state index in [2.05, 4.69) is 20.3 Å². The van der Waals surface area contributed by atoms with Crippen molar-refractivity contribution in [1.29, 1.82) is 0 Å². The van der Waals surface area contributed by atoms with E-state index in [0.29, 0.717) is 5.41 Å². The summed E-state index contributed by atoms with van der Waals surface area (Å²) in [5, 5.41) is 0. The molecule has 0 spiro atoms. The van der Waals surface area contributed by atoms with Gasteiger partial charge in [0, 0.05) is 0 Å². The molecule has 0 aromatic rings. The number of hydrogen-bond acceptors (Lipinski definition) is 0. The summed E-state index contributed by atoms with van der Waals surface area (Å²) in [7, 11) is 0. The molecule has 0 aromatic heterocycles. The van der Waals surface area contributed by atoms with Crippen LogP contribution in [0.2, 0.25) is 0 Å². The first-order valence-corrected chi connectivity index (χ1v) is 11.0. The minimum Gasteiger partial charge on any atom is -0.0648 e. The molecule has 7 saturated carbocycles. The van der Waals surface area contributed by atoms with Crippen molar-refractivity contribution >= 4 is 0 Å². The molecule has 0 amide bonds. The van der Waals surface area contributed by atoms with Crippen LogP contribution in [0.1, 0.15) is 84.5 Å². The molecule has 4 atom stereocenters. The molecular weight excluding hydrogens is 276 g/mol. The number of hydrogen-bond donors (Lipinski definition) is 0. The van der Waals surface area contributed by atoms with Crippen LogP contribution in [0.25, 0.3) is 0 Å². The maximum Gasteiger partial charge on any atom is -0.0151 e. The van der Waals surface area contributed by atoms with Gasteiger partial charge in [-0.2, -0.15) is 0 Å². The number of rotatable bonds is 2. The van der Waals surface area contributed by atoms with E-state index in [4.69, 9.17) is 0 Å². The molecule has 0 N–H and O–H groups in total. The van der Waals surface area contributed by atoms with E-state index >= 15 is 0 Å². The molecule has 4 unspecified atom stereocenters. The Morgan fingerprint density at radius 3 is 2.35 bits per heavy atom. The zero-order valence-corrected chi connectivity index (χ0v) is 15.3. The van der Waals surface area contributed by atoms with Gasteiger partial charge in [-0.3, -0.25) is 0 Å². The molecule has 7 fully saturated rings. The van der Waals surface area contributed by atoms with Gasteiger partial charge < -0.3 is 0 Å². The second kappa shape index (κ2) is 4.21. The Morgan fingerprint density at radius 1 is 1.00 bits per heavy atom. The molecule has 23 heavy (non-hydrogen) atoms. The van der Waals surface area contributed by atoms with Crippen molar-refractivity contribution in [2.45, 2.75) is 84.5 Å². The molecule has 7 aliphatic rings. The average molecular weight is 312 g/mol. The second-order valence-corrected chi connectivity index (χ2v) is 11.0. The van der Waals surface area contributed by atoms with Crippen molar-refractivity contribution in [3.63, 3.8) is 0 Å². The SMILES string of the molecule is CCC1(C23CCCC2C2[CH]CC3(C)C2)C2CC3CC(C2)CC1C3. The van der Waals surface area contributed by atoms with Crippen LogP contribution in [0.15, 0.2) is 0 Å². The van der Waals surface area contributed by atoms with Gasteiger partial charge in [-0.25, -0.2) is 0 Å². The molecule has 6 bridgehead atoms. The van der Waals surface area contributed by atoms with Crippen LogP contribution in [0.3, 0.4) is 0 Å². The fourth-order valence-corrected chi connectivity index (χ4v) is 10.9. The molecule has 0 aromatic carbocycles. The van der Waals surface area contributed by atoms with Gasteiger partial charge in [-0.15, -0.1) is 0 Å². The minimum atomic E-state index is 0.671. The molecule has 7 aliphatic carbocycles. The Hall–Kier alpha value is 0. The fraction of sp³-hybridized carbons (Fsp3) is 0.957. The summed E-state index contributed by atoms with van der Waals surface area (Å²) < 4.78 is 0. The molecule has 0 saturated heterocycles. The molecule has 0 aliphatic heterocycles. The maximum atomic E-state index is 2.77. The summed E-state index contributed by atoms with van der Waals surface area (Å²) >= 11 is 0. The highest BCUT2D eigenvalue weighted by molar-refractivity contribution is 5.27. The molecular formula is C23H35. The van der Waals surface area contributed by atoms with E-state index in [1.165, 1.54) is 12.8 Å². The van der Waals surface area contributed by atoms with Crippen molar-refractivity contribution in [2.24, 2.45) is 51.8 Å². The first kappa shape index (κ1) is 14.2. The third kappa shape index (κ3) is 1.34. The lowest BCUT2D eigenvalue weighted by Crippen LogP contribution is -2.64. The van der Waals surface area contributed by atoms with E-state index in [1.54, 1.807) is 57.8 Å². The number of fused-ring (bicyclic) bond motifs is 6. The Morgan fingerprint density at radius 2 is 1.70 bits per heavy atom. The summed E-state index contributed by atoms with van der Waals surface area (Å²) in [6, 6.07) is 0. The van der Waals surface area contributed by atoms with Crippen molar-refractivity contribution in [3.05, 3.63) is 6.42 Å². The van der Waals surface area contributed by atoms with Crippen LogP contribution in [0, 0.1) is 58.2 Å². The topological polar surface area (TPSA) is 0 Å². The van der Waals surface area contributed by atoms with E-state index in [9.17, 15) is 0 Å². The lowest BCUT2D eigenvalue weighted by Gasteiger charge is -2.71. The lowest BCUT2D eigenvalue weighted by molar-refractivity contribution is -0.225. The lowest BCUT2D eigenvalue weighted by atomic mass is 9.33. The Balaban J connectivity index is 1.55. The van der Waals surface area contributed by atoms with Crippen LogP contribution in [-0.4, -0.2) is 0 Å². The molecule has 0 nitrogen and oxygen atoms in total. The molecule has 1 radical (unpaired) electrons. The van der Waals surface area contributed by atoms with Gasteiger partial charge in [0.1, 0.15) is 0 Å². The van der Waals surface area contributed by atoms with Crippen molar-refractivity contribution in [3.8, 4) is 0 Å². The highest BCUT2D eigenvalue weighted by Crippen LogP contribution is 2.83. The van der Waals surface area contributed by atoms with Gasteiger partial charge in [0.15, 0.2) is 0 Å². The highest BCUT2D eigenvalue weighted by atomic mass is 14.8. The third-order valence-electron chi connectivity index (χ3n) is 10.9. The third-order valence-corrected chi connectivity index (χ3v) is 10.9. The maximum absolute atomic E-state index is 2.77. The predicted octanol–water partition coefficient (Wildman–Crippen LogP) is 6.26. The van der Waals surface area contributed by atoms with E-state index in [1.807, 2.05) is 0 Å². The quantitative estimate of drug-likeness (QED) is 0.564. The van der Waals surface area contributed by atoms with Gasteiger partial charge in [0.05, 0.1) is 0 Å². The standard InChI is InChI=1S/C23H35/c1-3-22(18-10-15-9-16(12-18)13-19(22)11-15)23-7-4-5-20(23)17-6-8-21(23,2)14-17/h6,15-20H,3-5,7-14H2,1-2H3. The summed E-state index contributed by atoms with van der Waals surface area (Å²) in [4.78, 5) is 0. The molecule has 0 heterocycles. The van der Waals surface area contributed by atoms with Crippen LogP contribution >= 0.6 is 0 Å². The van der Waals surface area contributed by atoms with E-state index < -0.39 is 0 Å². The summed E-state index contributed by atoms with van der Waals surface area (Å²) in [5.74, 6) is 6.57. The predicted molar refractivity (Wildman–Crippen MR) is 94.7 cm³/mol. The Kier molecular flexibility index (Phi) is 2.60. The summed E-state index contributed by atoms with van der Waals surface area (Å²) in [6.07, 6.45) is 20.1. The molecule has 7 rings (SSSR count). The minimum absolute atomic E-state index is 0.671. The molecule has 127 valence electrons. The van der Waals surface area contributed by atoms with Gasteiger partial charge in [0.25, 0.3) is 0 Å². The van der Waals surface area contributed by atoms with Crippen LogP contribution < -0.4 is 0 Å². The van der Waals surface area contributed by atoms with Crippen molar-refractivity contribution in [1.82, 2.24) is 0 Å². The van der Waals surface area contributed by atoms with Crippen molar-refractivity contribution in [2.75, 3.05) is 0 Å².